The second-order valence-corrected chi connectivity index (χ2v) is 8.45. The van der Waals surface area contributed by atoms with Crippen LogP contribution in [0.1, 0.15) is 31.4 Å². The van der Waals surface area contributed by atoms with E-state index in [9.17, 15) is 0 Å². The first kappa shape index (κ1) is 19.8. The van der Waals surface area contributed by atoms with E-state index in [0.717, 1.165) is 22.8 Å². The van der Waals surface area contributed by atoms with Gasteiger partial charge in [0.2, 0.25) is 5.88 Å². The summed E-state index contributed by atoms with van der Waals surface area (Å²) in [4.78, 5) is 15.7. The molecule has 1 unspecified atom stereocenters. The molecule has 8 nitrogen and oxygen atoms in total. The van der Waals surface area contributed by atoms with Crippen molar-refractivity contribution in [3.8, 4) is 28.5 Å². The summed E-state index contributed by atoms with van der Waals surface area (Å²) >= 11 is 0. The Labute approximate surface area is 182 Å². The molecule has 0 spiro atoms. The van der Waals surface area contributed by atoms with Crippen LogP contribution in [0.3, 0.4) is 0 Å². The van der Waals surface area contributed by atoms with Crippen molar-refractivity contribution < 1.29 is 4.74 Å². The van der Waals surface area contributed by atoms with Gasteiger partial charge >= 0.3 is 0 Å². The minimum absolute atomic E-state index is 0.490. The van der Waals surface area contributed by atoms with Crippen LogP contribution in [0.5, 0.6) is 5.88 Å². The summed E-state index contributed by atoms with van der Waals surface area (Å²) in [5.41, 5.74) is 3.80. The number of ether oxygens (including phenoxy) is 1. The molecule has 5 rings (SSSR count). The number of anilines is 1. The Hall–Kier alpha value is -3.13. The highest BCUT2D eigenvalue weighted by Gasteiger charge is 2.35. The Morgan fingerprint density at radius 1 is 0.935 bits per heavy atom. The van der Waals surface area contributed by atoms with Crippen molar-refractivity contribution in [2.24, 2.45) is 0 Å². The number of hydrogen-bond acceptors (Lipinski definition) is 8. The molecule has 2 bridgehead atoms. The summed E-state index contributed by atoms with van der Waals surface area (Å²) < 4.78 is 5.52. The Balaban J connectivity index is 1.36. The normalized spacial score (nSPS) is 22.4. The molecule has 8 heteroatoms. The number of aromatic nitrogens is 5. The van der Waals surface area contributed by atoms with Crippen molar-refractivity contribution >= 4 is 5.82 Å². The van der Waals surface area contributed by atoms with Crippen LogP contribution in [0.4, 0.5) is 5.82 Å². The zero-order valence-corrected chi connectivity index (χ0v) is 18.1. The Morgan fingerprint density at radius 2 is 1.71 bits per heavy atom. The zero-order chi connectivity index (χ0) is 21.4. The van der Waals surface area contributed by atoms with Gasteiger partial charge in [-0.2, -0.15) is 0 Å². The van der Waals surface area contributed by atoms with E-state index in [2.05, 4.69) is 42.4 Å². The molecule has 0 amide bonds. The van der Waals surface area contributed by atoms with Gasteiger partial charge in [0.25, 0.3) is 0 Å². The molecule has 0 radical (unpaired) electrons. The fraction of sp³-hybridized carbons (Fsp3) is 0.435. The topological polar surface area (TPSA) is 89.0 Å². The van der Waals surface area contributed by atoms with Gasteiger partial charge in [-0.15, -0.1) is 10.2 Å². The smallest absolute Gasteiger partial charge is 0.223 e. The van der Waals surface area contributed by atoms with Gasteiger partial charge in [-0.25, -0.2) is 4.98 Å². The van der Waals surface area contributed by atoms with Crippen molar-refractivity contribution in [3.63, 3.8) is 0 Å². The lowest BCUT2D eigenvalue weighted by molar-refractivity contribution is 0.353. The quantitative estimate of drug-likeness (QED) is 0.678. The molecule has 3 atom stereocenters. The van der Waals surface area contributed by atoms with Crippen LogP contribution < -0.4 is 15.0 Å². The fourth-order valence-corrected chi connectivity index (χ4v) is 4.65. The predicted octanol–water partition coefficient (Wildman–Crippen LogP) is 3.03. The molecule has 2 saturated heterocycles. The maximum Gasteiger partial charge on any atom is 0.223 e. The third-order valence-corrected chi connectivity index (χ3v) is 6.38. The minimum atomic E-state index is 0.490. The fourth-order valence-electron chi connectivity index (χ4n) is 4.65. The summed E-state index contributed by atoms with van der Waals surface area (Å²) in [6.45, 7) is 1.91. The third kappa shape index (κ3) is 3.95. The van der Waals surface area contributed by atoms with Crippen molar-refractivity contribution in [3.05, 3.63) is 42.4 Å². The lowest BCUT2D eigenvalue weighted by Gasteiger charge is -2.36. The van der Waals surface area contributed by atoms with Crippen LogP contribution in [-0.4, -0.2) is 57.4 Å². The lowest BCUT2D eigenvalue weighted by Crippen LogP contribution is -2.47. The average Bonchev–Trinajstić information content (AvgIpc) is 3.16. The molecule has 1 N–H and O–H groups in total. The molecule has 0 aliphatic carbocycles. The minimum Gasteiger partial charge on any atom is -0.480 e. The molecular formula is C23H27N7O. The molecular weight excluding hydrogens is 390 g/mol. The molecule has 31 heavy (non-hydrogen) atoms. The van der Waals surface area contributed by atoms with Crippen molar-refractivity contribution in [2.45, 2.75) is 50.7 Å². The standard InChI is InChI=1S/C23H27N7O/c1-14-12-25-21(13-24-14)18-6-7-19(27-23(18)31-3)20-8-9-22(29-28-20)30(2)17-10-15-4-5-16(11-17)26-15/h6-9,12-13,15-17,26H,4-5,10-11H2,1-3H3/t15-,16+,17?. The first-order valence-corrected chi connectivity index (χ1v) is 10.8. The molecule has 2 aliphatic rings. The van der Waals surface area contributed by atoms with E-state index >= 15 is 0 Å². The van der Waals surface area contributed by atoms with Gasteiger partial charge in [0.15, 0.2) is 5.82 Å². The highest BCUT2D eigenvalue weighted by molar-refractivity contribution is 5.68. The summed E-state index contributed by atoms with van der Waals surface area (Å²) in [6.07, 6.45) is 8.37. The Morgan fingerprint density at radius 3 is 2.35 bits per heavy atom. The zero-order valence-electron chi connectivity index (χ0n) is 18.1. The van der Waals surface area contributed by atoms with Crippen molar-refractivity contribution in [2.75, 3.05) is 19.1 Å². The van der Waals surface area contributed by atoms with Gasteiger partial charge in [-0.3, -0.25) is 9.97 Å². The van der Waals surface area contributed by atoms with Crippen LogP contribution in [0, 0.1) is 6.92 Å². The summed E-state index contributed by atoms with van der Waals surface area (Å²) in [7, 11) is 3.73. The number of nitrogens with one attached hydrogen (secondary N) is 1. The van der Waals surface area contributed by atoms with E-state index in [1.54, 1.807) is 19.5 Å². The lowest BCUT2D eigenvalue weighted by atomic mass is 9.98. The highest BCUT2D eigenvalue weighted by Crippen LogP contribution is 2.32. The first-order chi connectivity index (χ1) is 15.1. The third-order valence-electron chi connectivity index (χ3n) is 6.38. The van der Waals surface area contributed by atoms with E-state index in [0.29, 0.717) is 35.4 Å². The van der Waals surface area contributed by atoms with Gasteiger partial charge in [-0.1, -0.05) is 0 Å². The van der Waals surface area contributed by atoms with Crippen LogP contribution in [0.25, 0.3) is 22.6 Å². The first-order valence-electron chi connectivity index (χ1n) is 10.8. The van der Waals surface area contributed by atoms with Crippen LogP contribution in [0.15, 0.2) is 36.7 Å². The number of rotatable bonds is 5. The largest absolute Gasteiger partial charge is 0.480 e. The number of piperidine rings is 1. The maximum atomic E-state index is 5.52. The summed E-state index contributed by atoms with van der Waals surface area (Å²) in [5.74, 6) is 1.39. The highest BCUT2D eigenvalue weighted by atomic mass is 16.5. The Kier molecular flexibility index (Phi) is 5.23. The SMILES string of the molecule is COc1nc(-c2ccc(N(C)C3C[C@H]4CC[C@@H](C3)N4)nn2)ccc1-c1cnc(C)cn1. The van der Waals surface area contributed by atoms with E-state index in [4.69, 9.17) is 4.74 Å². The molecule has 160 valence electrons. The molecule has 2 fully saturated rings. The van der Waals surface area contributed by atoms with Crippen LogP contribution in [0.2, 0.25) is 0 Å². The number of hydrogen-bond donors (Lipinski definition) is 1. The molecule has 5 heterocycles. The monoisotopic (exact) mass is 417 g/mol. The summed E-state index contributed by atoms with van der Waals surface area (Å²) in [5, 5.41) is 12.6. The molecule has 2 aliphatic heterocycles. The summed E-state index contributed by atoms with van der Waals surface area (Å²) in [6, 6.07) is 9.65. The van der Waals surface area contributed by atoms with E-state index in [1.807, 2.05) is 31.2 Å². The number of fused-ring (bicyclic) bond motifs is 2. The van der Waals surface area contributed by atoms with Crippen LogP contribution in [-0.2, 0) is 0 Å². The Bertz CT molecular complexity index is 1040. The number of pyridine rings is 1. The van der Waals surface area contributed by atoms with Gasteiger partial charge in [0.05, 0.1) is 36.0 Å². The van der Waals surface area contributed by atoms with E-state index < -0.39 is 0 Å². The van der Waals surface area contributed by atoms with Crippen LogP contribution >= 0.6 is 0 Å². The molecule has 3 aromatic heterocycles. The van der Waals surface area contributed by atoms with Crippen molar-refractivity contribution in [1.82, 2.24) is 30.5 Å². The van der Waals surface area contributed by atoms with E-state index in [-0.39, 0.29) is 0 Å². The second-order valence-electron chi connectivity index (χ2n) is 8.45. The average molecular weight is 418 g/mol. The second kappa shape index (κ2) is 8.19. The predicted molar refractivity (Wildman–Crippen MR) is 119 cm³/mol. The molecule has 3 aromatic rings. The molecule has 0 aromatic carbocycles. The van der Waals surface area contributed by atoms with Crippen molar-refractivity contribution in [1.29, 1.82) is 0 Å². The number of nitrogens with zero attached hydrogens (tertiary/aromatic N) is 6. The van der Waals surface area contributed by atoms with E-state index in [1.165, 1.54) is 25.7 Å². The maximum absolute atomic E-state index is 5.52. The van der Waals surface area contributed by atoms with Gasteiger partial charge in [-0.05, 0) is 56.9 Å². The number of aryl methyl sites for hydroxylation is 1. The van der Waals surface area contributed by atoms with Gasteiger partial charge < -0.3 is 15.0 Å². The van der Waals surface area contributed by atoms with Gasteiger partial charge in [0.1, 0.15) is 5.69 Å². The molecule has 0 saturated carbocycles. The van der Waals surface area contributed by atoms with Gasteiger partial charge in [0, 0.05) is 31.4 Å². The number of methoxy groups -OCH3 is 1.